The van der Waals surface area contributed by atoms with Gasteiger partial charge in [-0.05, 0) is 13.8 Å². The predicted octanol–water partition coefficient (Wildman–Crippen LogP) is -0.698. The molecule has 0 radical (unpaired) electrons. The highest BCUT2D eigenvalue weighted by Gasteiger charge is 2.20. The first kappa shape index (κ1) is 14.1. The summed E-state index contributed by atoms with van der Waals surface area (Å²) in [6.45, 7) is 3.66. The molecule has 1 rings (SSSR count). The highest BCUT2D eigenvalue weighted by Crippen LogP contribution is 2.06. The molecule has 100 valence electrons. The smallest absolute Gasteiger partial charge is 0.358 e. The van der Waals surface area contributed by atoms with Crippen molar-refractivity contribution >= 4 is 11.9 Å². The van der Waals surface area contributed by atoms with Crippen molar-refractivity contribution in [2.75, 3.05) is 7.05 Å². The minimum absolute atomic E-state index is 0.0344. The molecule has 0 aliphatic carbocycles. The van der Waals surface area contributed by atoms with Crippen LogP contribution in [-0.4, -0.2) is 50.0 Å². The summed E-state index contributed by atoms with van der Waals surface area (Å²) in [6, 6.07) is 0.0568. The van der Waals surface area contributed by atoms with Gasteiger partial charge in [0.15, 0.2) is 5.69 Å². The zero-order chi connectivity index (χ0) is 13.9. The van der Waals surface area contributed by atoms with Crippen LogP contribution in [0.3, 0.4) is 0 Å². The Labute approximate surface area is 104 Å². The molecule has 1 aromatic heterocycles. The Morgan fingerprint density at radius 1 is 1.50 bits per heavy atom. The molecule has 0 saturated heterocycles. The summed E-state index contributed by atoms with van der Waals surface area (Å²) in [5.41, 5.74) is 5.49. The van der Waals surface area contributed by atoms with Gasteiger partial charge in [-0.1, -0.05) is 5.21 Å². The highest BCUT2D eigenvalue weighted by atomic mass is 16.4. The monoisotopic (exact) mass is 255 g/mol. The summed E-state index contributed by atoms with van der Waals surface area (Å²) in [5.74, 6) is -1.38. The molecule has 0 bridgehead atoms. The average molecular weight is 255 g/mol. The Morgan fingerprint density at radius 3 is 2.56 bits per heavy atom. The fourth-order valence-corrected chi connectivity index (χ4v) is 1.36. The maximum Gasteiger partial charge on any atom is 0.358 e. The van der Waals surface area contributed by atoms with Crippen LogP contribution in [0.25, 0.3) is 0 Å². The number of rotatable bonds is 5. The Morgan fingerprint density at radius 2 is 2.11 bits per heavy atom. The fourth-order valence-electron chi connectivity index (χ4n) is 1.36. The van der Waals surface area contributed by atoms with E-state index in [2.05, 4.69) is 10.3 Å². The second kappa shape index (κ2) is 5.58. The van der Waals surface area contributed by atoms with Crippen molar-refractivity contribution < 1.29 is 14.7 Å². The number of carbonyl (C=O) groups is 2. The number of hydrogen-bond donors (Lipinski definition) is 2. The van der Waals surface area contributed by atoms with Crippen LogP contribution in [-0.2, 0) is 17.9 Å². The summed E-state index contributed by atoms with van der Waals surface area (Å²) in [4.78, 5) is 24.2. The third kappa shape index (κ3) is 2.83. The van der Waals surface area contributed by atoms with Crippen LogP contribution >= 0.6 is 0 Å². The topological polar surface area (TPSA) is 114 Å². The quantitative estimate of drug-likeness (QED) is 0.719. The van der Waals surface area contributed by atoms with Gasteiger partial charge in [-0.3, -0.25) is 4.79 Å². The molecule has 18 heavy (non-hydrogen) atoms. The van der Waals surface area contributed by atoms with Gasteiger partial charge in [0.05, 0.1) is 5.69 Å². The summed E-state index contributed by atoms with van der Waals surface area (Å²) in [6.07, 6.45) is 0. The second-order valence-corrected chi connectivity index (χ2v) is 4.15. The van der Waals surface area contributed by atoms with E-state index in [1.54, 1.807) is 11.9 Å². The third-order valence-corrected chi connectivity index (χ3v) is 2.69. The van der Waals surface area contributed by atoms with Gasteiger partial charge in [-0.25, -0.2) is 9.48 Å². The normalized spacial score (nSPS) is 10.7. The maximum absolute atomic E-state index is 11.9. The van der Waals surface area contributed by atoms with Crippen LogP contribution in [0.15, 0.2) is 0 Å². The van der Waals surface area contributed by atoms with Crippen molar-refractivity contribution in [3.63, 3.8) is 0 Å². The van der Waals surface area contributed by atoms with E-state index in [1.165, 1.54) is 4.68 Å². The number of aromatic nitrogens is 3. The van der Waals surface area contributed by atoms with E-state index in [0.29, 0.717) is 0 Å². The van der Waals surface area contributed by atoms with Crippen molar-refractivity contribution in [1.29, 1.82) is 0 Å². The lowest BCUT2D eigenvalue weighted by atomic mass is 10.3. The van der Waals surface area contributed by atoms with Crippen LogP contribution in [0, 0.1) is 0 Å². The molecule has 0 aliphatic heterocycles. The lowest BCUT2D eigenvalue weighted by Crippen LogP contribution is -2.36. The number of carboxylic acid groups (broad SMARTS) is 1. The molecule has 1 amide bonds. The number of amides is 1. The highest BCUT2D eigenvalue weighted by molar-refractivity contribution is 5.86. The van der Waals surface area contributed by atoms with Gasteiger partial charge in [0.2, 0.25) is 5.91 Å². The van der Waals surface area contributed by atoms with Gasteiger partial charge < -0.3 is 15.7 Å². The molecule has 0 aromatic carbocycles. The molecule has 0 aliphatic rings. The average Bonchev–Trinajstić information content (AvgIpc) is 2.70. The second-order valence-electron chi connectivity index (χ2n) is 4.15. The minimum Gasteiger partial charge on any atom is -0.476 e. The van der Waals surface area contributed by atoms with Crippen LogP contribution in [0.5, 0.6) is 0 Å². The van der Waals surface area contributed by atoms with Gasteiger partial charge in [0.25, 0.3) is 0 Å². The standard InChI is InChI=1S/C10H17N5O3/c1-6(2)14(3)8(16)5-15-7(4-11)9(10(17)18)12-13-15/h6H,4-5,11H2,1-3H3,(H,17,18). The molecule has 0 saturated carbocycles. The molecule has 1 aromatic rings. The maximum atomic E-state index is 11.9. The van der Waals surface area contributed by atoms with Gasteiger partial charge in [-0.15, -0.1) is 5.10 Å². The van der Waals surface area contributed by atoms with Gasteiger partial charge in [-0.2, -0.15) is 0 Å². The SMILES string of the molecule is CC(C)N(C)C(=O)Cn1nnc(C(=O)O)c1CN. The molecule has 3 N–H and O–H groups in total. The van der Waals surface area contributed by atoms with Gasteiger partial charge >= 0.3 is 5.97 Å². The number of carbonyl (C=O) groups excluding carboxylic acids is 1. The van der Waals surface area contributed by atoms with Crippen LogP contribution < -0.4 is 5.73 Å². The first-order chi connectivity index (χ1) is 8.38. The first-order valence-electron chi connectivity index (χ1n) is 5.49. The molecule has 0 fully saturated rings. The Bertz CT molecular complexity index is 454. The summed E-state index contributed by atoms with van der Waals surface area (Å²) in [5, 5.41) is 16.0. The van der Waals surface area contributed by atoms with Gasteiger partial charge in [0.1, 0.15) is 6.54 Å². The number of hydrogen-bond acceptors (Lipinski definition) is 5. The number of likely N-dealkylation sites (N-methyl/N-ethyl adjacent to an activating group) is 1. The van der Waals surface area contributed by atoms with Crippen molar-refractivity contribution in [2.45, 2.75) is 33.0 Å². The molecule has 0 unspecified atom stereocenters. The Kier molecular flexibility index (Phi) is 4.38. The summed E-state index contributed by atoms with van der Waals surface area (Å²) < 4.78 is 1.23. The van der Waals surface area contributed by atoms with Crippen molar-refractivity contribution in [1.82, 2.24) is 19.9 Å². The zero-order valence-electron chi connectivity index (χ0n) is 10.6. The molecule has 8 nitrogen and oxygen atoms in total. The third-order valence-electron chi connectivity index (χ3n) is 2.69. The predicted molar refractivity (Wildman–Crippen MR) is 62.8 cm³/mol. The molecule has 0 spiro atoms. The number of nitrogens with zero attached hydrogens (tertiary/aromatic N) is 4. The Hall–Kier alpha value is -1.96. The molecular weight excluding hydrogens is 238 g/mol. The van der Waals surface area contributed by atoms with Crippen molar-refractivity contribution in [3.05, 3.63) is 11.4 Å². The number of nitrogens with two attached hydrogens (primary N) is 1. The van der Waals surface area contributed by atoms with E-state index in [-0.39, 0.29) is 36.4 Å². The van der Waals surface area contributed by atoms with E-state index in [4.69, 9.17) is 10.8 Å². The van der Waals surface area contributed by atoms with E-state index in [1.807, 2.05) is 13.8 Å². The molecule has 1 heterocycles. The van der Waals surface area contributed by atoms with Crippen molar-refractivity contribution in [3.8, 4) is 0 Å². The summed E-state index contributed by atoms with van der Waals surface area (Å²) >= 11 is 0. The molecule has 0 atom stereocenters. The van der Waals surface area contributed by atoms with E-state index < -0.39 is 5.97 Å². The zero-order valence-corrected chi connectivity index (χ0v) is 10.6. The van der Waals surface area contributed by atoms with Crippen LogP contribution in [0.4, 0.5) is 0 Å². The Balaban J connectivity index is 2.92. The van der Waals surface area contributed by atoms with Crippen LogP contribution in [0.1, 0.15) is 30.0 Å². The minimum atomic E-state index is -1.20. The fraction of sp³-hybridized carbons (Fsp3) is 0.600. The molecule has 8 heteroatoms. The van der Waals surface area contributed by atoms with Crippen molar-refractivity contribution in [2.24, 2.45) is 5.73 Å². The number of aromatic carboxylic acids is 1. The largest absolute Gasteiger partial charge is 0.476 e. The van der Waals surface area contributed by atoms with Gasteiger partial charge in [0, 0.05) is 19.6 Å². The van der Waals surface area contributed by atoms with E-state index in [9.17, 15) is 9.59 Å². The first-order valence-corrected chi connectivity index (χ1v) is 5.49. The lowest BCUT2D eigenvalue weighted by molar-refractivity contribution is -0.132. The lowest BCUT2D eigenvalue weighted by Gasteiger charge is -2.21. The molecular formula is C10H17N5O3. The van der Waals surface area contributed by atoms with E-state index in [0.717, 1.165) is 0 Å². The van der Waals surface area contributed by atoms with Crippen LogP contribution in [0.2, 0.25) is 0 Å². The summed E-state index contributed by atoms with van der Waals surface area (Å²) in [7, 11) is 1.67. The number of carboxylic acids is 1. The van der Waals surface area contributed by atoms with E-state index >= 15 is 0 Å².